The Morgan fingerprint density at radius 3 is 2.19 bits per heavy atom. The molecule has 0 spiro atoms. The van der Waals surface area contributed by atoms with E-state index in [9.17, 15) is 18.0 Å². The topological polar surface area (TPSA) is 86.8 Å². The maximum atomic E-state index is 13.4. The van der Waals surface area contributed by atoms with Gasteiger partial charge in [-0.05, 0) is 49.7 Å². The third-order valence-electron chi connectivity index (χ3n) is 4.91. The molecular formula is C21H24Cl3N3O4S. The number of sulfonamides is 1. The highest BCUT2D eigenvalue weighted by Crippen LogP contribution is 2.28. The molecular weight excluding hydrogens is 497 g/mol. The van der Waals surface area contributed by atoms with E-state index in [0.717, 1.165) is 10.6 Å². The molecule has 174 valence electrons. The van der Waals surface area contributed by atoms with Gasteiger partial charge in [-0.25, -0.2) is 8.42 Å². The van der Waals surface area contributed by atoms with Crippen LogP contribution in [0.25, 0.3) is 0 Å². The molecule has 0 saturated heterocycles. The van der Waals surface area contributed by atoms with Gasteiger partial charge in [-0.15, -0.1) is 0 Å². The zero-order chi connectivity index (χ0) is 24.2. The van der Waals surface area contributed by atoms with E-state index < -0.39 is 34.4 Å². The summed E-state index contributed by atoms with van der Waals surface area (Å²) >= 11 is 18.5. The molecule has 0 aliphatic rings. The summed E-state index contributed by atoms with van der Waals surface area (Å²) in [6, 6.07) is 8.68. The number of halogens is 3. The Morgan fingerprint density at radius 1 is 1.09 bits per heavy atom. The summed E-state index contributed by atoms with van der Waals surface area (Å²) in [6.45, 7) is 2.63. The van der Waals surface area contributed by atoms with Crippen LogP contribution in [0.5, 0.6) is 0 Å². The molecule has 7 nitrogen and oxygen atoms in total. The number of benzene rings is 2. The molecule has 0 heterocycles. The number of aryl methyl sites for hydroxylation is 1. The zero-order valence-corrected chi connectivity index (χ0v) is 21.1. The Hall–Kier alpha value is -2.00. The highest BCUT2D eigenvalue weighted by Gasteiger charge is 2.31. The van der Waals surface area contributed by atoms with Gasteiger partial charge in [0.15, 0.2) is 0 Å². The maximum Gasteiger partial charge on any atom is 0.244 e. The van der Waals surface area contributed by atoms with Gasteiger partial charge in [-0.3, -0.25) is 13.9 Å². The van der Waals surface area contributed by atoms with E-state index >= 15 is 0 Å². The van der Waals surface area contributed by atoms with Crippen LogP contribution in [0.1, 0.15) is 18.1 Å². The van der Waals surface area contributed by atoms with Crippen molar-refractivity contribution in [2.24, 2.45) is 0 Å². The van der Waals surface area contributed by atoms with E-state index in [2.05, 4.69) is 5.32 Å². The van der Waals surface area contributed by atoms with Gasteiger partial charge in [0.2, 0.25) is 21.8 Å². The molecule has 2 aromatic rings. The Kier molecular flexibility index (Phi) is 8.82. The summed E-state index contributed by atoms with van der Waals surface area (Å²) in [4.78, 5) is 27.0. The largest absolute Gasteiger partial charge is 0.357 e. The quantitative estimate of drug-likeness (QED) is 0.572. The fraction of sp³-hybridized carbons (Fsp3) is 0.333. The lowest BCUT2D eigenvalue weighted by Crippen LogP contribution is -2.50. The van der Waals surface area contributed by atoms with Crippen molar-refractivity contribution in [2.45, 2.75) is 26.4 Å². The fourth-order valence-electron chi connectivity index (χ4n) is 3.14. The standard InChI is InChI=1S/C21H24Cl3N3O4S/c1-13-10-15(22)8-9-19(13)27(32(4,30)31)12-20(28)26(14(2)21(29)25-3)11-16-17(23)6-5-7-18(16)24/h5-10,14H,11-12H2,1-4H3,(H,25,29)/t14-/m1/s1. The lowest BCUT2D eigenvalue weighted by atomic mass is 10.1. The van der Waals surface area contributed by atoms with Crippen molar-refractivity contribution in [1.82, 2.24) is 10.2 Å². The molecule has 0 radical (unpaired) electrons. The van der Waals surface area contributed by atoms with E-state index in [1.54, 1.807) is 44.2 Å². The monoisotopic (exact) mass is 519 g/mol. The minimum Gasteiger partial charge on any atom is -0.357 e. The first-order valence-corrected chi connectivity index (χ1v) is 12.5. The van der Waals surface area contributed by atoms with Gasteiger partial charge in [0.05, 0.1) is 11.9 Å². The van der Waals surface area contributed by atoms with Gasteiger partial charge in [-0.2, -0.15) is 0 Å². The minimum absolute atomic E-state index is 0.0802. The third kappa shape index (κ3) is 6.28. The van der Waals surface area contributed by atoms with E-state index in [-0.39, 0.29) is 6.54 Å². The molecule has 0 fully saturated rings. The van der Waals surface area contributed by atoms with Crippen molar-refractivity contribution in [2.75, 3.05) is 24.2 Å². The molecule has 0 aliphatic carbocycles. The predicted molar refractivity (Wildman–Crippen MR) is 129 cm³/mol. The van der Waals surface area contributed by atoms with Crippen LogP contribution < -0.4 is 9.62 Å². The van der Waals surface area contributed by atoms with E-state index in [0.29, 0.717) is 31.9 Å². The first-order chi connectivity index (χ1) is 14.9. The Bertz CT molecular complexity index is 1110. The number of nitrogens with zero attached hydrogens (tertiary/aromatic N) is 2. The molecule has 11 heteroatoms. The number of nitrogens with one attached hydrogen (secondary N) is 1. The summed E-state index contributed by atoms with van der Waals surface area (Å²) in [6.07, 6.45) is 1.01. The summed E-state index contributed by atoms with van der Waals surface area (Å²) in [7, 11) is -2.38. The smallest absolute Gasteiger partial charge is 0.244 e. The number of likely N-dealkylation sites (N-methyl/N-ethyl adjacent to an activating group) is 1. The van der Waals surface area contributed by atoms with Crippen molar-refractivity contribution >= 4 is 62.3 Å². The second-order valence-corrected chi connectivity index (χ2v) is 10.4. The molecule has 0 aromatic heterocycles. The first-order valence-electron chi connectivity index (χ1n) is 9.54. The van der Waals surface area contributed by atoms with Crippen LogP contribution in [-0.2, 0) is 26.2 Å². The molecule has 0 aliphatic heterocycles. The summed E-state index contributed by atoms with van der Waals surface area (Å²) in [5, 5.41) is 3.59. The van der Waals surface area contributed by atoms with E-state index in [1.807, 2.05) is 0 Å². The lowest BCUT2D eigenvalue weighted by molar-refractivity contribution is -0.139. The number of rotatable bonds is 8. The maximum absolute atomic E-state index is 13.4. The van der Waals surface area contributed by atoms with Gasteiger partial charge in [0.25, 0.3) is 0 Å². The summed E-state index contributed by atoms with van der Waals surface area (Å²) < 4.78 is 26.1. The van der Waals surface area contributed by atoms with Crippen LogP contribution in [0.4, 0.5) is 5.69 Å². The average molecular weight is 521 g/mol. The average Bonchev–Trinajstić information content (AvgIpc) is 2.70. The van der Waals surface area contributed by atoms with Crippen LogP contribution in [0.15, 0.2) is 36.4 Å². The Morgan fingerprint density at radius 2 is 1.69 bits per heavy atom. The second-order valence-electron chi connectivity index (χ2n) is 7.21. The Labute approximate surface area is 203 Å². The molecule has 1 atom stereocenters. The minimum atomic E-state index is -3.83. The number of carbonyl (C=O) groups is 2. The molecule has 2 rings (SSSR count). The number of amides is 2. The van der Waals surface area contributed by atoms with E-state index in [4.69, 9.17) is 34.8 Å². The predicted octanol–water partition coefficient (Wildman–Crippen LogP) is 3.88. The zero-order valence-electron chi connectivity index (χ0n) is 18.0. The van der Waals surface area contributed by atoms with Gasteiger partial charge in [0, 0.05) is 34.2 Å². The molecule has 0 bridgehead atoms. The highest BCUT2D eigenvalue weighted by molar-refractivity contribution is 7.92. The first kappa shape index (κ1) is 26.3. The number of anilines is 1. The Balaban J connectivity index is 2.47. The van der Waals surface area contributed by atoms with E-state index in [1.165, 1.54) is 18.0 Å². The highest BCUT2D eigenvalue weighted by atomic mass is 35.5. The summed E-state index contributed by atoms with van der Waals surface area (Å²) in [5.41, 5.74) is 1.35. The van der Waals surface area contributed by atoms with Crippen LogP contribution >= 0.6 is 34.8 Å². The molecule has 2 aromatic carbocycles. The molecule has 1 N–H and O–H groups in total. The van der Waals surface area contributed by atoms with Crippen LogP contribution in [0, 0.1) is 6.92 Å². The van der Waals surface area contributed by atoms with Gasteiger partial charge < -0.3 is 10.2 Å². The molecule has 0 saturated carbocycles. The van der Waals surface area contributed by atoms with Gasteiger partial charge in [0.1, 0.15) is 12.6 Å². The molecule has 0 unspecified atom stereocenters. The number of carbonyl (C=O) groups excluding carboxylic acids is 2. The SMILES string of the molecule is CNC(=O)[C@@H](C)N(Cc1c(Cl)cccc1Cl)C(=O)CN(c1ccc(Cl)cc1C)S(C)(=O)=O. The van der Waals surface area contributed by atoms with Crippen molar-refractivity contribution < 1.29 is 18.0 Å². The van der Waals surface area contributed by atoms with Gasteiger partial charge >= 0.3 is 0 Å². The molecule has 2 amide bonds. The number of hydrogen-bond acceptors (Lipinski definition) is 4. The fourth-order valence-corrected chi connectivity index (χ4v) is 4.79. The van der Waals surface area contributed by atoms with Crippen LogP contribution in [-0.4, -0.2) is 51.0 Å². The van der Waals surface area contributed by atoms with Crippen LogP contribution in [0.3, 0.4) is 0 Å². The van der Waals surface area contributed by atoms with Gasteiger partial charge in [-0.1, -0.05) is 40.9 Å². The van der Waals surface area contributed by atoms with Crippen molar-refractivity contribution in [3.63, 3.8) is 0 Å². The van der Waals surface area contributed by atoms with Crippen LogP contribution in [0.2, 0.25) is 15.1 Å². The van der Waals surface area contributed by atoms with Crippen molar-refractivity contribution in [3.8, 4) is 0 Å². The normalized spacial score (nSPS) is 12.2. The third-order valence-corrected chi connectivity index (χ3v) is 6.98. The summed E-state index contributed by atoms with van der Waals surface area (Å²) in [5.74, 6) is -1.02. The second kappa shape index (κ2) is 10.7. The molecule has 32 heavy (non-hydrogen) atoms. The lowest BCUT2D eigenvalue weighted by Gasteiger charge is -2.32. The number of hydrogen-bond donors (Lipinski definition) is 1. The van der Waals surface area contributed by atoms with Crippen molar-refractivity contribution in [3.05, 3.63) is 62.6 Å². The van der Waals surface area contributed by atoms with Crippen molar-refractivity contribution in [1.29, 1.82) is 0 Å².